The van der Waals surface area contributed by atoms with Crippen LogP contribution >= 0.6 is 0 Å². The molecular formula is C16H22N4. The summed E-state index contributed by atoms with van der Waals surface area (Å²) in [6, 6.07) is 11.4. The molecule has 1 saturated heterocycles. The molecule has 0 saturated carbocycles. The molecule has 2 heterocycles. The smallest absolute Gasteiger partial charge is 0.0645 e. The van der Waals surface area contributed by atoms with Gasteiger partial charge in [-0.1, -0.05) is 18.2 Å². The second-order valence-electron chi connectivity index (χ2n) is 5.72. The highest BCUT2D eigenvalue weighted by Crippen LogP contribution is 2.13. The molecule has 1 fully saturated rings. The number of piperazine rings is 1. The average Bonchev–Trinajstić information content (AvgIpc) is 2.92. The lowest BCUT2D eigenvalue weighted by atomic mass is 10.1. The van der Waals surface area contributed by atoms with E-state index in [4.69, 9.17) is 0 Å². The molecule has 4 heteroatoms. The first-order valence-corrected chi connectivity index (χ1v) is 7.29. The summed E-state index contributed by atoms with van der Waals surface area (Å²) in [7, 11) is 0. The summed E-state index contributed by atoms with van der Waals surface area (Å²) < 4.78 is 1.95. The second kappa shape index (κ2) is 5.77. The van der Waals surface area contributed by atoms with E-state index in [1.54, 1.807) is 0 Å². The van der Waals surface area contributed by atoms with E-state index in [9.17, 15) is 0 Å². The van der Waals surface area contributed by atoms with Gasteiger partial charge in [0.15, 0.2) is 0 Å². The van der Waals surface area contributed by atoms with Crippen molar-refractivity contribution in [2.24, 2.45) is 0 Å². The summed E-state index contributed by atoms with van der Waals surface area (Å²) >= 11 is 0. The highest BCUT2D eigenvalue weighted by molar-refractivity contribution is 5.30. The van der Waals surface area contributed by atoms with Gasteiger partial charge in [0.2, 0.25) is 0 Å². The monoisotopic (exact) mass is 270 g/mol. The minimum atomic E-state index is 0.565. The van der Waals surface area contributed by atoms with E-state index in [1.165, 1.54) is 5.56 Å². The van der Waals surface area contributed by atoms with Crippen LogP contribution in [0.1, 0.15) is 19.4 Å². The normalized spacial score (nSPS) is 23.9. The first-order valence-electron chi connectivity index (χ1n) is 7.29. The summed E-state index contributed by atoms with van der Waals surface area (Å²) in [6.45, 7) is 7.65. The van der Waals surface area contributed by atoms with Crippen LogP contribution in [0.5, 0.6) is 0 Å². The van der Waals surface area contributed by atoms with Crippen LogP contribution < -0.4 is 5.32 Å². The maximum atomic E-state index is 4.47. The van der Waals surface area contributed by atoms with Gasteiger partial charge in [-0.05, 0) is 26.0 Å². The molecule has 0 aliphatic carbocycles. The predicted octanol–water partition coefficient (Wildman–Crippen LogP) is 2.05. The Morgan fingerprint density at radius 3 is 2.85 bits per heavy atom. The Balaban J connectivity index is 1.71. The van der Waals surface area contributed by atoms with E-state index in [-0.39, 0.29) is 0 Å². The first kappa shape index (κ1) is 13.3. The molecule has 1 N–H and O–H groups in total. The topological polar surface area (TPSA) is 33.1 Å². The molecule has 2 atom stereocenters. The van der Waals surface area contributed by atoms with Gasteiger partial charge in [-0.25, -0.2) is 4.68 Å². The second-order valence-corrected chi connectivity index (χ2v) is 5.72. The van der Waals surface area contributed by atoms with Crippen LogP contribution in [0, 0.1) is 0 Å². The van der Waals surface area contributed by atoms with E-state index in [0.717, 1.165) is 25.3 Å². The Morgan fingerprint density at radius 2 is 2.05 bits per heavy atom. The Labute approximate surface area is 120 Å². The van der Waals surface area contributed by atoms with Crippen LogP contribution in [0.15, 0.2) is 42.7 Å². The summed E-state index contributed by atoms with van der Waals surface area (Å²) in [4.78, 5) is 2.52. The standard InChI is InChI=1S/C16H22N4/c1-13-10-19(14(2)8-17-13)11-15-9-18-20(12-15)16-6-4-3-5-7-16/h3-7,9,12-14,17H,8,10-11H2,1-2H3. The highest BCUT2D eigenvalue weighted by atomic mass is 15.3. The van der Waals surface area contributed by atoms with Gasteiger partial charge < -0.3 is 5.32 Å². The van der Waals surface area contributed by atoms with E-state index in [1.807, 2.05) is 29.1 Å². The fourth-order valence-electron chi connectivity index (χ4n) is 2.72. The van der Waals surface area contributed by atoms with E-state index >= 15 is 0 Å². The van der Waals surface area contributed by atoms with Gasteiger partial charge in [0.05, 0.1) is 11.9 Å². The summed E-state index contributed by atoms with van der Waals surface area (Å²) in [6.07, 6.45) is 4.11. The third kappa shape index (κ3) is 2.92. The molecule has 20 heavy (non-hydrogen) atoms. The van der Waals surface area contributed by atoms with Crippen LogP contribution in [0.4, 0.5) is 0 Å². The Hall–Kier alpha value is -1.65. The number of para-hydroxylation sites is 1. The largest absolute Gasteiger partial charge is 0.311 e. The van der Waals surface area contributed by atoms with Crippen LogP contribution in [-0.2, 0) is 6.54 Å². The molecule has 1 aliphatic rings. The molecule has 0 radical (unpaired) electrons. The molecule has 0 spiro atoms. The lowest BCUT2D eigenvalue weighted by Crippen LogP contribution is -2.53. The van der Waals surface area contributed by atoms with Crippen molar-refractivity contribution in [1.29, 1.82) is 0 Å². The van der Waals surface area contributed by atoms with E-state index in [2.05, 4.69) is 47.5 Å². The predicted molar refractivity (Wildman–Crippen MR) is 80.9 cm³/mol. The van der Waals surface area contributed by atoms with Crippen LogP contribution in [0.3, 0.4) is 0 Å². The molecule has 2 aromatic rings. The van der Waals surface area contributed by atoms with Gasteiger partial charge in [-0.2, -0.15) is 5.10 Å². The average molecular weight is 270 g/mol. The molecule has 2 unspecified atom stereocenters. The van der Waals surface area contributed by atoms with Crippen LogP contribution in [0.25, 0.3) is 5.69 Å². The lowest BCUT2D eigenvalue weighted by molar-refractivity contribution is 0.139. The number of benzene rings is 1. The number of rotatable bonds is 3. The molecule has 1 aliphatic heterocycles. The third-order valence-electron chi connectivity index (χ3n) is 3.94. The van der Waals surface area contributed by atoms with E-state index < -0.39 is 0 Å². The highest BCUT2D eigenvalue weighted by Gasteiger charge is 2.22. The number of hydrogen-bond acceptors (Lipinski definition) is 3. The molecule has 1 aromatic heterocycles. The number of nitrogens with zero attached hydrogens (tertiary/aromatic N) is 3. The van der Waals surface area contributed by atoms with Crippen molar-refractivity contribution < 1.29 is 0 Å². The molecule has 1 aromatic carbocycles. The van der Waals surface area contributed by atoms with Gasteiger partial charge in [-0.15, -0.1) is 0 Å². The number of hydrogen-bond donors (Lipinski definition) is 1. The lowest BCUT2D eigenvalue weighted by Gasteiger charge is -2.37. The zero-order valence-corrected chi connectivity index (χ0v) is 12.2. The summed E-state index contributed by atoms with van der Waals surface area (Å²) in [5, 5.41) is 7.99. The first-order chi connectivity index (χ1) is 9.72. The van der Waals surface area contributed by atoms with Crippen molar-refractivity contribution in [1.82, 2.24) is 20.0 Å². The maximum absolute atomic E-state index is 4.47. The van der Waals surface area contributed by atoms with Gasteiger partial charge in [0.25, 0.3) is 0 Å². The van der Waals surface area contributed by atoms with Crippen molar-refractivity contribution in [3.8, 4) is 5.69 Å². The quantitative estimate of drug-likeness (QED) is 0.926. The number of aromatic nitrogens is 2. The molecule has 0 bridgehead atoms. The Morgan fingerprint density at radius 1 is 1.25 bits per heavy atom. The summed E-state index contributed by atoms with van der Waals surface area (Å²) in [5.41, 5.74) is 2.38. The zero-order valence-electron chi connectivity index (χ0n) is 12.2. The Bertz CT molecular complexity index is 549. The molecule has 3 rings (SSSR count). The zero-order chi connectivity index (χ0) is 13.9. The van der Waals surface area contributed by atoms with Crippen LogP contribution in [0.2, 0.25) is 0 Å². The van der Waals surface area contributed by atoms with E-state index in [0.29, 0.717) is 12.1 Å². The fraction of sp³-hybridized carbons (Fsp3) is 0.438. The van der Waals surface area contributed by atoms with Gasteiger partial charge in [0, 0.05) is 43.5 Å². The van der Waals surface area contributed by atoms with Gasteiger partial charge >= 0.3 is 0 Å². The maximum Gasteiger partial charge on any atom is 0.0645 e. The Kier molecular flexibility index (Phi) is 3.85. The van der Waals surface area contributed by atoms with Crippen molar-refractivity contribution in [2.45, 2.75) is 32.5 Å². The van der Waals surface area contributed by atoms with Crippen molar-refractivity contribution in [3.63, 3.8) is 0 Å². The van der Waals surface area contributed by atoms with Gasteiger partial charge in [-0.3, -0.25) is 4.90 Å². The number of nitrogens with one attached hydrogen (secondary N) is 1. The van der Waals surface area contributed by atoms with Crippen molar-refractivity contribution in [2.75, 3.05) is 13.1 Å². The minimum Gasteiger partial charge on any atom is -0.311 e. The molecule has 0 amide bonds. The molecule has 4 nitrogen and oxygen atoms in total. The van der Waals surface area contributed by atoms with Crippen molar-refractivity contribution in [3.05, 3.63) is 48.3 Å². The summed E-state index contributed by atoms with van der Waals surface area (Å²) in [5.74, 6) is 0. The van der Waals surface area contributed by atoms with Crippen LogP contribution in [-0.4, -0.2) is 39.9 Å². The van der Waals surface area contributed by atoms with Crippen molar-refractivity contribution >= 4 is 0 Å². The third-order valence-corrected chi connectivity index (χ3v) is 3.94. The fourth-order valence-corrected chi connectivity index (χ4v) is 2.72. The molecule has 106 valence electrons. The molecular weight excluding hydrogens is 248 g/mol. The van der Waals surface area contributed by atoms with Gasteiger partial charge in [0.1, 0.15) is 0 Å². The SMILES string of the molecule is CC1CN(Cc2cnn(-c3ccccc3)c2)C(C)CN1. The minimum absolute atomic E-state index is 0.565.